The van der Waals surface area contributed by atoms with Crippen LogP contribution in [0.5, 0.6) is 0 Å². The summed E-state index contributed by atoms with van der Waals surface area (Å²) < 4.78 is 10.6. The zero-order valence-electron chi connectivity index (χ0n) is 15.1. The second kappa shape index (κ2) is 7.59. The SMILES string of the molecule is C=CCC1(NC(=O)OCc2ccccc2)CN(C(=O)OC(C)(C)C)C1. The molecule has 2 amide bonds. The minimum atomic E-state index is -0.549. The van der Waals surface area contributed by atoms with E-state index in [2.05, 4.69) is 11.9 Å². The third-order valence-corrected chi connectivity index (χ3v) is 3.75. The van der Waals surface area contributed by atoms with Gasteiger partial charge in [0, 0.05) is 13.1 Å². The lowest BCUT2D eigenvalue weighted by Crippen LogP contribution is -2.71. The lowest BCUT2D eigenvalue weighted by molar-refractivity contribution is -0.0163. The molecule has 1 saturated heterocycles. The summed E-state index contributed by atoms with van der Waals surface area (Å²) in [6, 6.07) is 9.46. The van der Waals surface area contributed by atoms with Crippen molar-refractivity contribution in [3.63, 3.8) is 0 Å². The van der Waals surface area contributed by atoms with Crippen molar-refractivity contribution in [3.05, 3.63) is 48.6 Å². The zero-order chi connectivity index (χ0) is 18.5. The van der Waals surface area contributed by atoms with E-state index in [0.29, 0.717) is 19.5 Å². The predicted octanol–water partition coefficient (Wildman–Crippen LogP) is 3.48. The van der Waals surface area contributed by atoms with Gasteiger partial charge in [0.2, 0.25) is 0 Å². The Kier molecular flexibility index (Phi) is 5.72. The molecule has 2 rings (SSSR count). The van der Waals surface area contributed by atoms with Crippen LogP contribution in [0.15, 0.2) is 43.0 Å². The van der Waals surface area contributed by atoms with Gasteiger partial charge >= 0.3 is 12.2 Å². The second-order valence-electron chi connectivity index (χ2n) is 7.30. The molecule has 1 fully saturated rings. The third kappa shape index (κ3) is 5.52. The number of rotatable bonds is 5. The van der Waals surface area contributed by atoms with E-state index < -0.39 is 17.2 Å². The fourth-order valence-corrected chi connectivity index (χ4v) is 2.65. The minimum absolute atomic E-state index is 0.201. The highest BCUT2D eigenvalue weighted by Gasteiger charge is 2.47. The molecule has 1 aromatic rings. The Morgan fingerprint density at radius 2 is 1.92 bits per heavy atom. The van der Waals surface area contributed by atoms with Gasteiger partial charge in [-0.3, -0.25) is 0 Å². The molecule has 1 aliphatic rings. The highest BCUT2D eigenvalue weighted by molar-refractivity contribution is 5.72. The molecule has 1 heterocycles. The standard InChI is InChI=1S/C19H26N2O4/c1-5-11-19(13-21(14-19)17(23)25-18(2,3)4)20-16(22)24-12-15-9-7-6-8-10-15/h5-10H,1,11-14H2,2-4H3,(H,20,22). The van der Waals surface area contributed by atoms with Crippen LogP contribution in [-0.4, -0.2) is 41.3 Å². The van der Waals surface area contributed by atoms with Gasteiger partial charge in [-0.25, -0.2) is 9.59 Å². The Hall–Kier alpha value is -2.50. The Morgan fingerprint density at radius 1 is 1.28 bits per heavy atom. The van der Waals surface area contributed by atoms with E-state index in [1.165, 1.54) is 0 Å². The fourth-order valence-electron chi connectivity index (χ4n) is 2.65. The maximum Gasteiger partial charge on any atom is 0.410 e. The summed E-state index contributed by atoms with van der Waals surface area (Å²) in [5.74, 6) is 0. The molecule has 0 bridgehead atoms. The maximum absolute atomic E-state index is 12.1. The molecule has 136 valence electrons. The van der Waals surface area contributed by atoms with Gasteiger partial charge in [-0.1, -0.05) is 36.4 Å². The van der Waals surface area contributed by atoms with E-state index in [1.807, 2.05) is 51.1 Å². The molecular formula is C19H26N2O4. The lowest BCUT2D eigenvalue weighted by Gasteiger charge is -2.49. The molecule has 1 aromatic carbocycles. The smallest absolute Gasteiger partial charge is 0.410 e. The Bertz CT molecular complexity index is 616. The number of likely N-dealkylation sites (tertiary alicyclic amines) is 1. The van der Waals surface area contributed by atoms with Gasteiger partial charge in [-0.05, 0) is 32.8 Å². The summed E-state index contributed by atoms with van der Waals surface area (Å²) in [6.45, 7) is 10.1. The Labute approximate surface area is 148 Å². The van der Waals surface area contributed by atoms with Gasteiger partial charge in [0.25, 0.3) is 0 Å². The van der Waals surface area contributed by atoms with Crippen LogP contribution in [0.2, 0.25) is 0 Å². The number of carbonyl (C=O) groups is 2. The Balaban J connectivity index is 1.86. The van der Waals surface area contributed by atoms with Gasteiger partial charge in [0.05, 0.1) is 5.54 Å². The number of nitrogens with one attached hydrogen (secondary N) is 1. The first kappa shape index (κ1) is 18.8. The van der Waals surface area contributed by atoms with Crippen LogP contribution in [0.25, 0.3) is 0 Å². The molecule has 0 unspecified atom stereocenters. The highest BCUT2D eigenvalue weighted by Crippen LogP contribution is 2.27. The average Bonchev–Trinajstić information content (AvgIpc) is 2.49. The maximum atomic E-state index is 12.1. The van der Waals surface area contributed by atoms with Crippen LogP contribution in [-0.2, 0) is 16.1 Å². The van der Waals surface area contributed by atoms with Crippen molar-refractivity contribution < 1.29 is 19.1 Å². The topological polar surface area (TPSA) is 67.9 Å². The van der Waals surface area contributed by atoms with Crippen molar-refractivity contribution in [2.45, 2.75) is 44.9 Å². The van der Waals surface area contributed by atoms with E-state index in [4.69, 9.17) is 9.47 Å². The first-order chi connectivity index (χ1) is 11.7. The van der Waals surface area contributed by atoms with Crippen molar-refractivity contribution in [1.29, 1.82) is 0 Å². The molecular weight excluding hydrogens is 320 g/mol. The monoisotopic (exact) mass is 346 g/mol. The van der Waals surface area contributed by atoms with Crippen LogP contribution in [0.1, 0.15) is 32.8 Å². The summed E-state index contributed by atoms with van der Waals surface area (Å²) in [4.78, 5) is 25.7. The number of nitrogens with zero attached hydrogens (tertiary/aromatic N) is 1. The zero-order valence-corrected chi connectivity index (χ0v) is 15.1. The molecule has 1 N–H and O–H groups in total. The van der Waals surface area contributed by atoms with Crippen LogP contribution in [0.3, 0.4) is 0 Å². The van der Waals surface area contributed by atoms with Crippen molar-refractivity contribution >= 4 is 12.2 Å². The molecule has 0 atom stereocenters. The van der Waals surface area contributed by atoms with E-state index in [-0.39, 0.29) is 12.7 Å². The summed E-state index contributed by atoms with van der Waals surface area (Å²) in [6.07, 6.45) is 1.39. The van der Waals surface area contributed by atoms with Crippen molar-refractivity contribution in [2.24, 2.45) is 0 Å². The number of hydrogen-bond donors (Lipinski definition) is 1. The predicted molar refractivity (Wildman–Crippen MR) is 95.1 cm³/mol. The molecule has 6 heteroatoms. The molecule has 1 aliphatic heterocycles. The first-order valence-corrected chi connectivity index (χ1v) is 8.31. The van der Waals surface area contributed by atoms with Gasteiger partial charge in [-0.2, -0.15) is 0 Å². The van der Waals surface area contributed by atoms with Crippen LogP contribution in [0, 0.1) is 0 Å². The van der Waals surface area contributed by atoms with Crippen LogP contribution >= 0.6 is 0 Å². The number of alkyl carbamates (subject to hydrolysis) is 1. The van der Waals surface area contributed by atoms with Gasteiger partial charge in [0.15, 0.2) is 0 Å². The van der Waals surface area contributed by atoms with E-state index >= 15 is 0 Å². The minimum Gasteiger partial charge on any atom is -0.445 e. The number of carbonyl (C=O) groups excluding carboxylic acids is 2. The summed E-state index contributed by atoms with van der Waals surface area (Å²) >= 11 is 0. The van der Waals surface area contributed by atoms with E-state index in [1.54, 1.807) is 11.0 Å². The molecule has 0 saturated carbocycles. The molecule has 0 aliphatic carbocycles. The molecule has 0 spiro atoms. The third-order valence-electron chi connectivity index (χ3n) is 3.75. The lowest BCUT2D eigenvalue weighted by atomic mass is 9.86. The molecule has 6 nitrogen and oxygen atoms in total. The second-order valence-corrected chi connectivity index (χ2v) is 7.30. The quantitative estimate of drug-likeness (QED) is 0.829. The highest BCUT2D eigenvalue weighted by atomic mass is 16.6. The van der Waals surface area contributed by atoms with Crippen LogP contribution < -0.4 is 5.32 Å². The average molecular weight is 346 g/mol. The van der Waals surface area contributed by atoms with Crippen molar-refractivity contribution in [3.8, 4) is 0 Å². The number of hydrogen-bond acceptors (Lipinski definition) is 4. The van der Waals surface area contributed by atoms with E-state index in [0.717, 1.165) is 5.56 Å². The largest absolute Gasteiger partial charge is 0.445 e. The van der Waals surface area contributed by atoms with E-state index in [9.17, 15) is 9.59 Å². The fraction of sp³-hybridized carbons (Fsp3) is 0.474. The summed E-state index contributed by atoms with van der Waals surface area (Å²) in [5, 5.41) is 2.87. The molecule has 0 aromatic heterocycles. The molecule has 0 radical (unpaired) electrons. The Morgan fingerprint density at radius 3 is 2.48 bits per heavy atom. The van der Waals surface area contributed by atoms with Crippen LogP contribution in [0.4, 0.5) is 9.59 Å². The van der Waals surface area contributed by atoms with Crippen molar-refractivity contribution in [1.82, 2.24) is 10.2 Å². The van der Waals surface area contributed by atoms with Gasteiger partial charge < -0.3 is 19.7 Å². The number of benzene rings is 1. The normalized spacial score (nSPS) is 15.7. The summed E-state index contributed by atoms with van der Waals surface area (Å²) in [7, 11) is 0. The number of ether oxygens (including phenoxy) is 2. The van der Waals surface area contributed by atoms with Gasteiger partial charge in [-0.15, -0.1) is 6.58 Å². The molecule has 25 heavy (non-hydrogen) atoms. The first-order valence-electron chi connectivity index (χ1n) is 8.31. The van der Waals surface area contributed by atoms with Crippen molar-refractivity contribution in [2.75, 3.05) is 13.1 Å². The van der Waals surface area contributed by atoms with Gasteiger partial charge in [0.1, 0.15) is 12.2 Å². The summed E-state index contributed by atoms with van der Waals surface area (Å²) in [5.41, 5.74) is -0.179. The number of amides is 2.